The standard InChI is InChI=1S/C22H25N2O8P/c1-13(2)9-18(25)21-22(24-17-8-6-5-7-16(17)23-21)31-12-15-19(29-3)10-14(11-20(15)30-4)32-33(26,27)28/h5-8,10-11,13H,9,12H2,1-4H3,(H2,26,27,28). The molecule has 0 fully saturated rings. The Balaban J connectivity index is 1.99. The van der Waals surface area contributed by atoms with E-state index >= 15 is 0 Å². The lowest BCUT2D eigenvalue weighted by Gasteiger charge is -2.17. The molecular formula is C22H25N2O8P. The van der Waals surface area contributed by atoms with E-state index < -0.39 is 7.82 Å². The van der Waals surface area contributed by atoms with Crippen molar-refractivity contribution in [2.75, 3.05) is 14.2 Å². The second-order valence-corrected chi connectivity index (χ2v) is 8.73. The van der Waals surface area contributed by atoms with Gasteiger partial charge in [-0.05, 0) is 18.1 Å². The van der Waals surface area contributed by atoms with Gasteiger partial charge in [-0.2, -0.15) is 0 Å². The van der Waals surface area contributed by atoms with Crippen LogP contribution in [-0.4, -0.2) is 39.8 Å². The second-order valence-electron chi connectivity index (χ2n) is 7.56. The quantitative estimate of drug-likeness (QED) is 0.327. The molecule has 0 unspecified atom stereocenters. The summed E-state index contributed by atoms with van der Waals surface area (Å²) >= 11 is 0. The van der Waals surface area contributed by atoms with Crippen molar-refractivity contribution in [1.29, 1.82) is 0 Å². The molecule has 176 valence electrons. The summed E-state index contributed by atoms with van der Waals surface area (Å²) in [6, 6.07) is 9.76. The van der Waals surface area contributed by atoms with Gasteiger partial charge in [0, 0.05) is 18.6 Å². The maximum Gasteiger partial charge on any atom is 0.524 e. The molecule has 0 aliphatic heterocycles. The zero-order valence-electron chi connectivity index (χ0n) is 18.6. The number of phosphoric acid groups is 1. The highest BCUT2D eigenvalue weighted by Crippen LogP contribution is 2.42. The van der Waals surface area contributed by atoms with Gasteiger partial charge >= 0.3 is 7.82 Å². The number of phosphoric ester groups is 1. The molecule has 10 nitrogen and oxygen atoms in total. The Bertz CT molecular complexity index is 1180. The summed E-state index contributed by atoms with van der Waals surface area (Å²) in [4.78, 5) is 40.0. The Kier molecular flexibility index (Phi) is 7.53. The van der Waals surface area contributed by atoms with E-state index in [-0.39, 0.29) is 53.6 Å². The normalized spacial score (nSPS) is 11.5. The summed E-state index contributed by atoms with van der Waals surface area (Å²) in [5, 5.41) is 0. The second kappa shape index (κ2) is 10.2. The number of rotatable bonds is 10. The van der Waals surface area contributed by atoms with E-state index in [0.29, 0.717) is 16.6 Å². The Morgan fingerprint density at radius 3 is 2.12 bits per heavy atom. The lowest BCUT2D eigenvalue weighted by molar-refractivity contribution is 0.0957. The number of nitrogens with zero attached hydrogens (tertiary/aromatic N) is 2. The summed E-state index contributed by atoms with van der Waals surface area (Å²) in [5.74, 6) is 0.282. The Morgan fingerprint density at radius 2 is 1.61 bits per heavy atom. The van der Waals surface area contributed by atoms with Gasteiger partial charge in [0.25, 0.3) is 0 Å². The molecule has 2 N–H and O–H groups in total. The average Bonchev–Trinajstić information content (AvgIpc) is 2.75. The fraction of sp³-hybridized carbons (Fsp3) is 0.318. The van der Waals surface area contributed by atoms with Crippen LogP contribution in [0.4, 0.5) is 0 Å². The maximum atomic E-state index is 12.8. The largest absolute Gasteiger partial charge is 0.524 e. The Morgan fingerprint density at radius 1 is 1.03 bits per heavy atom. The molecule has 0 bridgehead atoms. The third-order valence-electron chi connectivity index (χ3n) is 4.56. The van der Waals surface area contributed by atoms with Crippen LogP contribution in [-0.2, 0) is 11.2 Å². The van der Waals surface area contributed by atoms with Crippen LogP contribution in [0.1, 0.15) is 36.3 Å². The number of ether oxygens (including phenoxy) is 3. The summed E-state index contributed by atoms with van der Waals surface area (Å²) in [5.41, 5.74) is 1.70. The van der Waals surface area contributed by atoms with Gasteiger partial charge in [-0.25, -0.2) is 14.5 Å². The molecule has 33 heavy (non-hydrogen) atoms. The smallest absolute Gasteiger partial charge is 0.496 e. The van der Waals surface area contributed by atoms with Gasteiger partial charge in [0.1, 0.15) is 23.9 Å². The molecule has 1 heterocycles. The first-order valence-corrected chi connectivity index (χ1v) is 11.6. The van der Waals surface area contributed by atoms with Crippen molar-refractivity contribution < 1.29 is 37.9 Å². The monoisotopic (exact) mass is 476 g/mol. The van der Waals surface area contributed by atoms with Crippen molar-refractivity contribution in [3.8, 4) is 23.1 Å². The molecule has 0 radical (unpaired) electrons. The summed E-state index contributed by atoms with van der Waals surface area (Å²) in [6.45, 7) is 3.76. The molecule has 3 rings (SSSR count). The first-order chi connectivity index (χ1) is 15.6. The number of fused-ring (bicyclic) bond motifs is 1. The van der Waals surface area contributed by atoms with Crippen LogP contribution in [0.2, 0.25) is 0 Å². The Hall–Kier alpha value is -3.20. The third kappa shape index (κ3) is 6.19. The van der Waals surface area contributed by atoms with Crippen molar-refractivity contribution in [2.45, 2.75) is 26.9 Å². The molecule has 2 aromatic carbocycles. The van der Waals surface area contributed by atoms with Gasteiger partial charge in [-0.15, -0.1) is 0 Å². The number of ketones is 1. The molecule has 1 aromatic heterocycles. The van der Waals surface area contributed by atoms with Gasteiger partial charge in [0.05, 0.1) is 30.8 Å². The number of benzene rings is 2. The average molecular weight is 476 g/mol. The van der Waals surface area contributed by atoms with E-state index in [4.69, 9.17) is 24.0 Å². The van der Waals surface area contributed by atoms with Crippen molar-refractivity contribution >= 4 is 24.6 Å². The minimum absolute atomic E-state index is 0.0685. The van der Waals surface area contributed by atoms with Gasteiger partial charge in [0.2, 0.25) is 5.88 Å². The molecule has 0 aliphatic rings. The van der Waals surface area contributed by atoms with Gasteiger partial charge < -0.3 is 18.7 Å². The fourth-order valence-corrected chi connectivity index (χ4v) is 3.55. The first-order valence-electron chi connectivity index (χ1n) is 10.0. The molecule has 0 aliphatic carbocycles. The summed E-state index contributed by atoms with van der Waals surface area (Å²) < 4.78 is 32.4. The van der Waals surface area contributed by atoms with Crippen LogP contribution in [0, 0.1) is 5.92 Å². The maximum absolute atomic E-state index is 12.8. The predicted octanol–water partition coefficient (Wildman–Crippen LogP) is 3.93. The van der Waals surface area contributed by atoms with Crippen LogP contribution in [0.25, 0.3) is 11.0 Å². The number of aromatic nitrogens is 2. The number of methoxy groups -OCH3 is 2. The lowest BCUT2D eigenvalue weighted by atomic mass is 10.1. The molecule has 11 heteroatoms. The van der Waals surface area contributed by atoms with Crippen LogP contribution >= 0.6 is 7.82 Å². The molecule has 0 saturated heterocycles. The summed E-state index contributed by atoms with van der Waals surface area (Å²) in [7, 11) is -2.01. The van der Waals surface area contributed by atoms with Crippen molar-refractivity contribution in [2.24, 2.45) is 5.92 Å². The topological polar surface area (TPSA) is 137 Å². The van der Waals surface area contributed by atoms with Crippen molar-refractivity contribution in [3.63, 3.8) is 0 Å². The lowest BCUT2D eigenvalue weighted by Crippen LogP contribution is -2.12. The van der Waals surface area contributed by atoms with Crippen LogP contribution in [0.3, 0.4) is 0 Å². The number of carbonyl (C=O) groups excluding carboxylic acids is 1. The van der Waals surface area contributed by atoms with E-state index in [0.717, 1.165) is 0 Å². The third-order valence-corrected chi connectivity index (χ3v) is 5.00. The predicted molar refractivity (Wildman–Crippen MR) is 120 cm³/mol. The highest BCUT2D eigenvalue weighted by molar-refractivity contribution is 7.46. The van der Waals surface area contributed by atoms with Crippen LogP contribution in [0.15, 0.2) is 36.4 Å². The Labute approximate surface area is 190 Å². The van der Waals surface area contributed by atoms with Crippen LogP contribution in [0.5, 0.6) is 23.1 Å². The zero-order chi connectivity index (χ0) is 24.2. The number of para-hydroxylation sites is 2. The molecule has 0 saturated carbocycles. The highest BCUT2D eigenvalue weighted by Gasteiger charge is 2.23. The van der Waals surface area contributed by atoms with Gasteiger partial charge in [-0.1, -0.05) is 26.0 Å². The zero-order valence-corrected chi connectivity index (χ0v) is 19.5. The van der Waals surface area contributed by atoms with Gasteiger partial charge in [-0.3, -0.25) is 14.6 Å². The van der Waals surface area contributed by atoms with Crippen LogP contribution < -0.4 is 18.7 Å². The van der Waals surface area contributed by atoms with Crippen molar-refractivity contribution in [3.05, 3.63) is 47.7 Å². The van der Waals surface area contributed by atoms with E-state index in [9.17, 15) is 9.36 Å². The molecule has 0 atom stereocenters. The number of hydrogen-bond acceptors (Lipinski definition) is 8. The van der Waals surface area contributed by atoms with E-state index in [1.807, 2.05) is 26.0 Å². The molecule has 3 aromatic rings. The molecule has 0 amide bonds. The summed E-state index contributed by atoms with van der Waals surface area (Å²) in [6.07, 6.45) is 0.282. The van der Waals surface area contributed by atoms with Crippen molar-refractivity contribution in [1.82, 2.24) is 9.97 Å². The molecular weight excluding hydrogens is 451 g/mol. The van der Waals surface area contributed by atoms with E-state index in [2.05, 4.69) is 14.5 Å². The van der Waals surface area contributed by atoms with E-state index in [1.54, 1.807) is 12.1 Å². The minimum Gasteiger partial charge on any atom is -0.496 e. The fourth-order valence-electron chi connectivity index (χ4n) is 3.17. The molecule has 0 spiro atoms. The number of hydrogen-bond donors (Lipinski definition) is 2. The first kappa shape index (κ1) is 24.4. The van der Waals surface area contributed by atoms with Gasteiger partial charge in [0.15, 0.2) is 11.5 Å². The van der Waals surface area contributed by atoms with E-state index in [1.165, 1.54) is 26.4 Å². The minimum atomic E-state index is -4.78. The SMILES string of the molecule is COc1cc(OP(=O)(O)O)cc(OC)c1COc1nc2ccccc2nc1C(=O)CC(C)C. The number of Topliss-reactive ketones (excluding diaryl/α,β-unsaturated/α-hetero) is 1. The highest BCUT2D eigenvalue weighted by atomic mass is 31.2. The number of carbonyl (C=O) groups is 1.